The molecular formula is C15H12N6O. The molecule has 1 aromatic carbocycles. The molecule has 4 rings (SSSR count). The number of fused-ring (bicyclic) bond motifs is 1. The van der Waals surface area contributed by atoms with E-state index in [1.807, 2.05) is 29.0 Å². The molecule has 3 heterocycles. The van der Waals surface area contributed by atoms with Gasteiger partial charge < -0.3 is 14.5 Å². The van der Waals surface area contributed by atoms with Crippen LogP contribution in [0.1, 0.15) is 5.82 Å². The third-order valence-electron chi connectivity index (χ3n) is 3.44. The fourth-order valence-corrected chi connectivity index (χ4v) is 2.43. The highest BCUT2D eigenvalue weighted by Gasteiger charge is 2.09. The summed E-state index contributed by atoms with van der Waals surface area (Å²) in [6.07, 6.45) is 6.85. The van der Waals surface area contributed by atoms with Gasteiger partial charge in [-0.2, -0.15) is 0 Å². The second-order valence-corrected chi connectivity index (χ2v) is 4.87. The Morgan fingerprint density at radius 1 is 1.23 bits per heavy atom. The first-order chi connectivity index (χ1) is 10.8. The van der Waals surface area contributed by atoms with E-state index in [9.17, 15) is 4.79 Å². The van der Waals surface area contributed by atoms with Gasteiger partial charge in [0, 0.05) is 12.4 Å². The molecule has 0 aliphatic heterocycles. The van der Waals surface area contributed by atoms with E-state index in [1.54, 1.807) is 24.8 Å². The molecule has 0 fully saturated rings. The Bertz CT molecular complexity index is 983. The van der Waals surface area contributed by atoms with Crippen molar-refractivity contribution >= 4 is 10.9 Å². The number of benzene rings is 1. The maximum absolute atomic E-state index is 12.1. The molecule has 0 bridgehead atoms. The lowest BCUT2D eigenvalue weighted by Gasteiger charge is -2.07. The molecule has 0 saturated carbocycles. The number of para-hydroxylation sites is 1. The number of aromatic amines is 2. The maximum Gasteiger partial charge on any atom is 0.258 e. The highest BCUT2D eigenvalue weighted by atomic mass is 16.1. The summed E-state index contributed by atoms with van der Waals surface area (Å²) < 4.78 is 1.90. The van der Waals surface area contributed by atoms with E-state index in [-0.39, 0.29) is 5.56 Å². The quantitative estimate of drug-likeness (QED) is 0.599. The molecule has 7 heteroatoms. The number of rotatable bonds is 3. The summed E-state index contributed by atoms with van der Waals surface area (Å²) in [7, 11) is 0. The molecule has 3 aromatic heterocycles. The minimum Gasteiger partial charge on any atom is -0.342 e. The van der Waals surface area contributed by atoms with Crippen molar-refractivity contribution in [2.45, 2.75) is 6.54 Å². The van der Waals surface area contributed by atoms with Crippen molar-refractivity contribution in [2.24, 2.45) is 0 Å². The first-order valence-corrected chi connectivity index (χ1v) is 6.79. The Morgan fingerprint density at radius 2 is 2.14 bits per heavy atom. The van der Waals surface area contributed by atoms with E-state index >= 15 is 0 Å². The molecule has 0 spiro atoms. The van der Waals surface area contributed by atoms with Crippen LogP contribution in [-0.2, 0) is 6.54 Å². The van der Waals surface area contributed by atoms with Gasteiger partial charge in [-0.3, -0.25) is 4.79 Å². The summed E-state index contributed by atoms with van der Waals surface area (Å²) in [5.41, 5.74) is 1.36. The lowest BCUT2D eigenvalue weighted by atomic mass is 10.2. The van der Waals surface area contributed by atoms with Crippen LogP contribution in [0.5, 0.6) is 0 Å². The van der Waals surface area contributed by atoms with Gasteiger partial charge in [-0.1, -0.05) is 12.1 Å². The smallest absolute Gasteiger partial charge is 0.258 e. The molecule has 0 aliphatic rings. The Labute approximate surface area is 124 Å². The van der Waals surface area contributed by atoms with E-state index in [0.29, 0.717) is 23.3 Å². The van der Waals surface area contributed by atoms with Gasteiger partial charge in [0.15, 0.2) is 5.82 Å². The zero-order chi connectivity index (χ0) is 14.9. The molecule has 22 heavy (non-hydrogen) atoms. The van der Waals surface area contributed by atoms with Crippen molar-refractivity contribution in [3.63, 3.8) is 0 Å². The summed E-state index contributed by atoms with van der Waals surface area (Å²) in [5, 5.41) is 0.589. The van der Waals surface area contributed by atoms with Crippen LogP contribution in [0.15, 0.2) is 54.0 Å². The number of H-pyrrole nitrogens is 2. The predicted molar refractivity (Wildman–Crippen MR) is 81.3 cm³/mol. The predicted octanol–water partition coefficient (Wildman–Crippen LogP) is 1.56. The van der Waals surface area contributed by atoms with Gasteiger partial charge in [0.1, 0.15) is 11.5 Å². The number of nitrogens with one attached hydrogen (secondary N) is 2. The summed E-state index contributed by atoms with van der Waals surface area (Å²) in [4.78, 5) is 30.8. The SMILES string of the molecule is O=c1[nH]c(Cn2ccnc2-c2cnc[nH]2)nc2ccccc12. The third-order valence-corrected chi connectivity index (χ3v) is 3.44. The highest BCUT2D eigenvalue weighted by molar-refractivity contribution is 5.77. The largest absolute Gasteiger partial charge is 0.342 e. The number of nitrogens with zero attached hydrogens (tertiary/aromatic N) is 4. The van der Waals surface area contributed by atoms with Crippen LogP contribution in [0.4, 0.5) is 0 Å². The normalized spacial score (nSPS) is 11.1. The first-order valence-electron chi connectivity index (χ1n) is 6.79. The van der Waals surface area contributed by atoms with Gasteiger partial charge in [0.2, 0.25) is 0 Å². The number of hydrogen-bond acceptors (Lipinski definition) is 4. The highest BCUT2D eigenvalue weighted by Crippen LogP contribution is 2.14. The van der Waals surface area contributed by atoms with Crippen molar-refractivity contribution in [3.05, 3.63) is 65.4 Å². The molecule has 108 valence electrons. The number of imidazole rings is 2. The number of hydrogen-bond donors (Lipinski definition) is 2. The standard InChI is InChI=1S/C15H12N6O/c22-15-10-3-1-2-4-11(10)19-13(20-15)8-21-6-5-17-14(21)12-7-16-9-18-12/h1-7,9H,8H2,(H,16,18)(H,19,20,22). The molecule has 0 atom stereocenters. The van der Waals surface area contributed by atoms with Gasteiger partial charge >= 0.3 is 0 Å². The van der Waals surface area contributed by atoms with E-state index < -0.39 is 0 Å². The average Bonchev–Trinajstić information content (AvgIpc) is 3.18. The molecular weight excluding hydrogens is 280 g/mol. The van der Waals surface area contributed by atoms with Crippen molar-refractivity contribution in [2.75, 3.05) is 0 Å². The molecule has 0 radical (unpaired) electrons. The van der Waals surface area contributed by atoms with Crippen LogP contribution >= 0.6 is 0 Å². The van der Waals surface area contributed by atoms with Gasteiger partial charge in [-0.05, 0) is 12.1 Å². The lowest BCUT2D eigenvalue weighted by Crippen LogP contribution is -2.14. The van der Waals surface area contributed by atoms with Crippen molar-refractivity contribution < 1.29 is 0 Å². The van der Waals surface area contributed by atoms with E-state index in [4.69, 9.17) is 0 Å². The molecule has 7 nitrogen and oxygen atoms in total. The minimum absolute atomic E-state index is 0.135. The lowest BCUT2D eigenvalue weighted by molar-refractivity contribution is 0.750. The third kappa shape index (κ3) is 2.08. The molecule has 0 unspecified atom stereocenters. The topological polar surface area (TPSA) is 92.2 Å². The zero-order valence-corrected chi connectivity index (χ0v) is 11.5. The second kappa shape index (κ2) is 4.96. The second-order valence-electron chi connectivity index (χ2n) is 4.87. The van der Waals surface area contributed by atoms with Crippen LogP contribution in [0.3, 0.4) is 0 Å². The fourth-order valence-electron chi connectivity index (χ4n) is 2.43. The summed E-state index contributed by atoms with van der Waals surface area (Å²) in [6.45, 7) is 0.425. The van der Waals surface area contributed by atoms with E-state index in [1.165, 1.54) is 0 Å². The summed E-state index contributed by atoms with van der Waals surface area (Å²) in [6, 6.07) is 7.28. The van der Waals surface area contributed by atoms with Gasteiger partial charge in [0.25, 0.3) is 5.56 Å². The Hall–Kier alpha value is -3.22. The van der Waals surface area contributed by atoms with Crippen LogP contribution in [0, 0.1) is 0 Å². The molecule has 0 aliphatic carbocycles. The van der Waals surface area contributed by atoms with E-state index in [0.717, 1.165) is 11.5 Å². The zero-order valence-electron chi connectivity index (χ0n) is 11.5. The van der Waals surface area contributed by atoms with Crippen LogP contribution < -0.4 is 5.56 Å². The van der Waals surface area contributed by atoms with Crippen LogP contribution in [0.25, 0.3) is 22.4 Å². The Balaban J connectivity index is 1.76. The Kier molecular flexibility index (Phi) is 2.82. The number of aromatic nitrogens is 6. The summed E-state index contributed by atoms with van der Waals surface area (Å²) in [5.74, 6) is 1.33. The van der Waals surface area contributed by atoms with Crippen LogP contribution in [0.2, 0.25) is 0 Å². The van der Waals surface area contributed by atoms with Crippen LogP contribution in [-0.4, -0.2) is 29.5 Å². The van der Waals surface area contributed by atoms with Crippen molar-refractivity contribution in [1.82, 2.24) is 29.5 Å². The van der Waals surface area contributed by atoms with Crippen molar-refractivity contribution in [1.29, 1.82) is 0 Å². The van der Waals surface area contributed by atoms with Gasteiger partial charge in [-0.15, -0.1) is 0 Å². The summed E-state index contributed by atoms with van der Waals surface area (Å²) >= 11 is 0. The molecule has 2 N–H and O–H groups in total. The van der Waals surface area contributed by atoms with Gasteiger partial charge in [0.05, 0.1) is 30.0 Å². The monoisotopic (exact) mass is 292 g/mol. The molecule has 4 aromatic rings. The maximum atomic E-state index is 12.1. The fraction of sp³-hybridized carbons (Fsp3) is 0.0667. The minimum atomic E-state index is -0.135. The first kappa shape index (κ1) is 12.5. The van der Waals surface area contributed by atoms with E-state index in [2.05, 4.69) is 24.9 Å². The Morgan fingerprint density at radius 3 is 3.00 bits per heavy atom. The average molecular weight is 292 g/mol. The molecule has 0 saturated heterocycles. The van der Waals surface area contributed by atoms with Gasteiger partial charge in [-0.25, -0.2) is 15.0 Å². The molecule has 0 amide bonds. The van der Waals surface area contributed by atoms with Crippen molar-refractivity contribution in [3.8, 4) is 11.5 Å².